The van der Waals surface area contributed by atoms with Crippen LogP contribution in [0.25, 0.3) is 17.0 Å². The molecule has 2 aromatic carbocycles. The van der Waals surface area contributed by atoms with E-state index in [0.717, 1.165) is 22.6 Å². The van der Waals surface area contributed by atoms with Crippen molar-refractivity contribution in [1.82, 2.24) is 25.1 Å². The summed E-state index contributed by atoms with van der Waals surface area (Å²) in [6, 6.07) is 18.5. The van der Waals surface area contributed by atoms with Crippen molar-refractivity contribution in [3.05, 3.63) is 66.2 Å². The van der Waals surface area contributed by atoms with Crippen LogP contribution in [0.1, 0.15) is 12.5 Å². The van der Waals surface area contributed by atoms with Crippen molar-refractivity contribution in [3.8, 4) is 28.8 Å². The third kappa shape index (κ3) is 5.57. The molecule has 0 bridgehead atoms. The molecule has 0 aliphatic carbocycles. The molecule has 33 heavy (non-hydrogen) atoms. The molecule has 0 saturated heterocycles. The van der Waals surface area contributed by atoms with Crippen LogP contribution in [0, 0.1) is 0 Å². The van der Waals surface area contributed by atoms with Crippen LogP contribution in [-0.2, 0) is 11.2 Å². The molecule has 0 fully saturated rings. The molecule has 9 nitrogen and oxygen atoms in total. The Morgan fingerprint density at radius 3 is 2.42 bits per heavy atom. The van der Waals surface area contributed by atoms with Crippen molar-refractivity contribution < 1.29 is 19.0 Å². The first-order valence-electron chi connectivity index (χ1n) is 10.6. The smallest absolute Gasteiger partial charge is 0.231 e. The van der Waals surface area contributed by atoms with E-state index in [1.807, 2.05) is 55.5 Å². The molecule has 170 valence electrons. The maximum Gasteiger partial charge on any atom is 0.231 e. The van der Waals surface area contributed by atoms with E-state index in [1.54, 1.807) is 23.8 Å². The highest BCUT2D eigenvalue weighted by Crippen LogP contribution is 2.21. The van der Waals surface area contributed by atoms with Gasteiger partial charge in [-0.3, -0.25) is 4.79 Å². The van der Waals surface area contributed by atoms with Gasteiger partial charge in [0.25, 0.3) is 0 Å². The summed E-state index contributed by atoms with van der Waals surface area (Å²) in [5.74, 6) is 2.49. The second-order valence-electron chi connectivity index (χ2n) is 7.15. The molecule has 2 heterocycles. The first-order chi connectivity index (χ1) is 16.2. The molecular formula is C24H25N5O4. The van der Waals surface area contributed by atoms with Gasteiger partial charge in [0.15, 0.2) is 11.5 Å². The molecule has 1 amide bonds. The standard InChI is InChI=1S/C24H25N5O4/c1-3-32-20-8-4-17(5-9-20)16-22(30)25-14-15-33-23-13-12-21-26-27-24(29(21)28-23)18-6-10-19(31-2)11-7-18/h4-13H,3,14-16H2,1-2H3,(H,25,30). The minimum Gasteiger partial charge on any atom is -0.497 e. The van der Waals surface area contributed by atoms with E-state index in [2.05, 4.69) is 20.6 Å². The van der Waals surface area contributed by atoms with Gasteiger partial charge in [0, 0.05) is 11.6 Å². The van der Waals surface area contributed by atoms with Gasteiger partial charge < -0.3 is 19.5 Å². The second kappa shape index (κ2) is 10.4. The van der Waals surface area contributed by atoms with E-state index in [-0.39, 0.29) is 12.5 Å². The minimum atomic E-state index is -0.0771. The predicted molar refractivity (Wildman–Crippen MR) is 123 cm³/mol. The van der Waals surface area contributed by atoms with Crippen LogP contribution in [0.5, 0.6) is 17.4 Å². The Morgan fingerprint density at radius 1 is 0.939 bits per heavy atom. The molecule has 4 rings (SSSR count). The van der Waals surface area contributed by atoms with Crippen molar-refractivity contribution >= 4 is 11.6 Å². The Morgan fingerprint density at radius 2 is 1.70 bits per heavy atom. The van der Waals surface area contributed by atoms with Crippen molar-refractivity contribution in [2.24, 2.45) is 0 Å². The molecule has 2 aromatic heterocycles. The van der Waals surface area contributed by atoms with Crippen LogP contribution >= 0.6 is 0 Å². The number of nitrogens with zero attached hydrogens (tertiary/aromatic N) is 4. The van der Waals surface area contributed by atoms with Crippen LogP contribution < -0.4 is 19.5 Å². The summed E-state index contributed by atoms with van der Waals surface area (Å²) in [4.78, 5) is 12.2. The number of methoxy groups -OCH3 is 1. The highest BCUT2D eigenvalue weighted by Gasteiger charge is 2.11. The summed E-state index contributed by atoms with van der Waals surface area (Å²) in [5, 5.41) is 15.7. The topological polar surface area (TPSA) is 99.9 Å². The number of carbonyl (C=O) groups is 1. The lowest BCUT2D eigenvalue weighted by Gasteiger charge is -2.08. The quantitative estimate of drug-likeness (QED) is 0.373. The van der Waals surface area contributed by atoms with Gasteiger partial charge in [0.05, 0.1) is 26.7 Å². The molecular weight excluding hydrogens is 422 g/mol. The molecule has 0 atom stereocenters. The molecule has 1 N–H and O–H groups in total. The highest BCUT2D eigenvalue weighted by atomic mass is 16.5. The van der Waals surface area contributed by atoms with E-state index in [0.29, 0.717) is 36.9 Å². The number of aromatic nitrogens is 4. The number of hydrogen-bond donors (Lipinski definition) is 1. The van der Waals surface area contributed by atoms with Gasteiger partial charge in [0.2, 0.25) is 11.8 Å². The zero-order chi connectivity index (χ0) is 23.0. The fourth-order valence-electron chi connectivity index (χ4n) is 3.23. The molecule has 0 saturated carbocycles. The Kier molecular flexibility index (Phi) is 6.99. The maximum atomic E-state index is 12.2. The van der Waals surface area contributed by atoms with Crippen molar-refractivity contribution in [1.29, 1.82) is 0 Å². The lowest BCUT2D eigenvalue weighted by molar-refractivity contribution is -0.120. The van der Waals surface area contributed by atoms with E-state index in [9.17, 15) is 4.79 Å². The minimum absolute atomic E-state index is 0.0771. The predicted octanol–water partition coefficient (Wildman–Crippen LogP) is 2.94. The monoisotopic (exact) mass is 447 g/mol. The van der Waals surface area contributed by atoms with Gasteiger partial charge in [-0.05, 0) is 55.0 Å². The fraction of sp³-hybridized carbons (Fsp3) is 0.250. The molecule has 0 radical (unpaired) electrons. The number of rotatable bonds is 10. The first-order valence-corrected chi connectivity index (χ1v) is 10.6. The molecule has 4 aromatic rings. The van der Waals surface area contributed by atoms with Gasteiger partial charge in [-0.25, -0.2) is 0 Å². The van der Waals surface area contributed by atoms with Gasteiger partial charge in [-0.15, -0.1) is 15.3 Å². The summed E-state index contributed by atoms with van der Waals surface area (Å²) in [6.07, 6.45) is 0.294. The Bertz CT molecular complexity index is 1210. The van der Waals surface area contributed by atoms with Gasteiger partial charge in [-0.2, -0.15) is 4.52 Å². The number of nitrogens with one attached hydrogen (secondary N) is 1. The molecule has 0 aliphatic heterocycles. The molecule has 0 aliphatic rings. The van der Waals surface area contributed by atoms with E-state index in [4.69, 9.17) is 14.2 Å². The third-order valence-corrected chi connectivity index (χ3v) is 4.86. The Hall–Kier alpha value is -4.14. The maximum absolute atomic E-state index is 12.2. The van der Waals surface area contributed by atoms with Crippen molar-refractivity contribution in [2.75, 3.05) is 26.9 Å². The number of carbonyl (C=O) groups excluding carboxylic acids is 1. The van der Waals surface area contributed by atoms with Crippen LogP contribution in [0.2, 0.25) is 0 Å². The summed E-state index contributed by atoms with van der Waals surface area (Å²) < 4.78 is 18.0. The number of fused-ring (bicyclic) bond motifs is 1. The Labute approximate surface area is 191 Å². The zero-order valence-corrected chi connectivity index (χ0v) is 18.5. The number of amides is 1. The van der Waals surface area contributed by atoms with Crippen molar-refractivity contribution in [2.45, 2.75) is 13.3 Å². The van der Waals surface area contributed by atoms with Crippen LogP contribution in [0.4, 0.5) is 0 Å². The summed E-state index contributed by atoms with van der Waals surface area (Å²) in [7, 11) is 1.62. The summed E-state index contributed by atoms with van der Waals surface area (Å²) >= 11 is 0. The van der Waals surface area contributed by atoms with E-state index >= 15 is 0 Å². The molecule has 0 spiro atoms. The average molecular weight is 447 g/mol. The molecule has 9 heteroatoms. The lowest BCUT2D eigenvalue weighted by atomic mass is 10.1. The van der Waals surface area contributed by atoms with E-state index < -0.39 is 0 Å². The largest absolute Gasteiger partial charge is 0.497 e. The SMILES string of the molecule is CCOc1ccc(CC(=O)NCCOc2ccc3nnc(-c4ccc(OC)cc4)n3n2)cc1. The normalized spacial score (nSPS) is 10.7. The van der Waals surface area contributed by atoms with Gasteiger partial charge >= 0.3 is 0 Å². The van der Waals surface area contributed by atoms with Gasteiger partial charge in [-0.1, -0.05) is 12.1 Å². The van der Waals surface area contributed by atoms with Crippen LogP contribution in [0.3, 0.4) is 0 Å². The number of hydrogen-bond acceptors (Lipinski definition) is 7. The van der Waals surface area contributed by atoms with Crippen LogP contribution in [0.15, 0.2) is 60.7 Å². The fourth-order valence-corrected chi connectivity index (χ4v) is 3.23. The van der Waals surface area contributed by atoms with E-state index in [1.165, 1.54) is 0 Å². The second-order valence-corrected chi connectivity index (χ2v) is 7.15. The number of ether oxygens (including phenoxy) is 3. The van der Waals surface area contributed by atoms with Crippen molar-refractivity contribution in [3.63, 3.8) is 0 Å². The zero-order valence-electron chi connectivity index (χ0n) is 18.5. The summed E-state index contributed by atoms with van der Waals surface area (Å²) in [5.41, 5.74) is 2.38. The highest BCUT2D eigenvalue weighted by molar-refractivity contribution is 5.78. The van der Waals surface area contributed by atoms with Gasteiger partial charge in [0.1, 0.15) is 18.1 Å². The third-order valence-electron chi connectivity index (χ3n) is 4.86. The van der Waals surface area contributed by atoms with Crippen LogP contribution in [-0.4, -0.2) is 52.6 Å². The summed E-state index contributed by atoms with van der Waals surface area (Å²) in [6.45, 7) is 3.20. The first kappa shape index (κ1) is 22.1. The molecule has 0 unspecified atom stereocenters. The Balaban J connectivity index is 1.30. The average Bonchev–Trinajstić information content (AvgIpc) is 3.27. The lowest BCUT2D eigenvalue weighted by Crippen LogP contribution is -2.29. The number of benzene rings is 2.